The molecule has 0 aliphatic rings. The summed E-state index contributed by atoms with van der Waals surface area (Å²) in [4.78, 5) is 12.0. The summed E-state index contributed by atoms with van der Waals surface area (Å²) in [6.07, 6.45) is 3.69. The van der Waals surface area contributed by atoms with E-state index in [1.165, 1.54) is 0 Å². The lowest BCUT2D eigenvalue weighted by molar-refractivity contribution is 0.0757. The van der Waals surface area contributed by atoms with Crippen LogP contribution in [0.3, 0.4) is 0 Å². The van der Waals surface area contributed by atoms with Crippen molar-refractivity contribution >= 4 is 16.6 Å². The van der Waals surface area contributed by atoms with Crippen LogP contribution < -0.4 is 0 Å². The number of unbranched alkanes of at least 4 members (excludes halogenated alkanes) is 1. The molecule has 0 heterocycles. The minimum atomic E-state index is 0.0318. The predicted molar refractivity (Wildman–Crippen MR) is 78.5 cm³/mol. The van der Waals surface area contributed by atoms with Gasteiger partial charge in [0.15, 0.2) is 5.78 Å². The average Bonchev–Trinajstić information content (AvgIpc) is 2.46. The lowest BCUT2D eigenvalue weighted by atomic mass is 10.0. The van der Waals surface area contributed by atoms with Crippen molar-refractivity contribution in [3.8, 4) is 0 Å². The first kappa shape index (κ1) is 13.5. The molecular formula is C17H18O2. The summed E-state index contributed by atoms with van der Waals surface area (Å²) < 4.78 is 5.37. The van der Waals surface area contributed by atoms with E-state index in [2.05, 4.69) is 6.58 Å². The first-order valence-corrected chi connectivity index (χ1v) is 6.52. The van der Waals surface area contributed by atoms with Crippen molar-refractivity contribution in [3.63, 3.8) is 0 Å². The van der Waals surface area contributed by atoms with Gasteiger partial charge in [0, 0.05) is 12.2 Å². The van der Waals surface area contributed by atoms with Crippen LogP contribution in [-0.4, -0.2) is 19.0 Å². The van der Waals surface area contributed by atoms with Gasteiger partial charge in [-0.05, 0) is 29.7 Å². The van der Waals surface area contributed by atoms with Gasteiger partial charge < -0.3 is 4.74 Å². The number of carbonyl (C=O) groups is 1. The van der Waals surface area contributed by atoms with Crippen LogP contribution in [0.25, 0.3) is 10.8 Å². The molecule has 0 unspecified atom stereocenters. The molecule has 2 aromatic rings. The van der Waals surface area contributed by atoms with E-state index in [1.54, 1.807) is 0 Å². The van der Waals surface area contributed by atoms with Gasteiger partial charge in [-0.2, -0.15) is 0 Å². The maximum Gasteiger partial charge on any atom is 0.188 e. The minimum absolute atomic E-state index is 0.0318. The summed E-state index contributed by atoms with van der Waals surface area (Å²) in [7, 11) is 0. The lowest BCUT2D eigenvalue weighted by Crippen LogP contribution is -2.09. The zero-order chi connectivity index (χ0) is 13.5. The quantitative estimate of drug-likeness (QED) is 0.424. The molecule has 98 valence electrons. The highest BCUT2D eigenvalue weighted by Gasteiger charge is 2.06. The fourth-order valence-corrected chi connectivity index (χ4v) is 1.94. The van der Waals surface area contributed by atoms with E-state index < -0.39 is 0 Å². The van der Waals surface area contributed by atoms with E-state index >= 15 is 0 Å². The highest BCUT2D eigenvalue weighted by atomic mass is 16.5. The van der Waals surface area contributed by atoms with Crippen LogP contribution in [0.15, 0.2) is 55.1 Å². The van der Waals surface area contributed by atoms with Crippen LogP contribution in [-0.2, 0) is 4.74 Å². The van der Waals surface area contributed by atoms with E-state index in [0.29, 0.717) is 12.2 Å². The van der Waals surface area contributed by atoms with Crippen LogP contribution in [0.5, 0.6) is 0 Å². The number of rotatable bonds is 7. The number of Topliss-reactive ketones (excluding diaryl/α,β-unsaturated/α-hetero) is 1. The lowest BCUT2D eigenvalue weighted by Gasteiger charge is -2.04. The maximum atomic E-state index is 12.0. The van der Waals surface area contributed by atoms with Crippen LogP contribution in [0, 0.1) is 0 Å². The van der Waals surface area contributed by atoms with Gasteiger partial charge in [-0.3, -0.25) is 4.79 Å². The molecule has 0 fully saturated rings. The van der Waals surface area contributed by atoms with E-state index in [-0.39, 0.29) is 12.4 Å². The fraction of sp³-hybridized carbons (Fsp3) is 0.235. The Balaban J connectivity index is 1.95. The third kappa shape index (κ3) is 3.76. The number of ketones is 1. The topological polar surface area (TPSA) is 26.3 Å². The van der Waals surface area contributed by atoms with Crippen molar-refractivity contribution < 1.29 is 9.53 Å². The molecule has 0 spiro atoms. The SMILES string of the molecule is C=CCCCOCC(=O)c1ccc2ccccc2c1. The van der Waals surface area contributed by atoms with Gasteiger partial charge in [0.25, 0.3) is 0 Å². The molecular weight excluding hydrogens is 236 g/mol. The molecule has 0 saturated heterocycles. The number of allylic oxidation sites excluding steroid dienone is 1. The zero-order valence-electron chi connectivity index (χ0n) is 11.0. The zero-order valence-corrected chi connectivity index (χ0v) is 11.0. The molecule has 0 radical (unpaired) electrons. The van der Waals surface area contributed by atoms with Gasteiger partial charge in [0.1, 0.15) is 6.61 Å². The normalized spacial score (nSPS) is 10.5. The molecule has 0 aliphatic heterocycles. The molecule has 2 nitrogen and oxygen atoms in total. The first-order valence-electron chi connectivity index (χ1n) is 6.52. The summed E-state index contributed by atoms with van der Waals surface area (Å²) in [6.45, 7) is 4.40. The fourth-order valence-electron chi connectivity index (χ4n) is 1.94. The predicted octanol–water partition coefficient (Wildman–Crippen LogP) is 4.01. The highest BCUT2D eigenvalue weighted by molar-refractivity contribution is 6.00. The molecule has 0 atom stereocenters. The van der Waals surface area contributed by atoms with E-state index in [4.69, 9.17) is 4.74 Å². The molecule has 0 aromatic heterocycles. The molecule has 2 aromatic carbocycles. The Morgan fingerprint density at radius 2 is 1.95 bits per heavy atom. The largest absolute Gasteiger partial charge is 0.373 e. The molecule has 0 N–H and O–H groups in total. The van der Waals surface area contributed by atoms with E-state index in [1.807, 2.05) is 48.5 Å². The van der Waals surface area contributed by atoms with E-state index in [9.17, 15) is 4.79 Å². The van der Waals surface area contributed by atoms with Crippen LogP contribution in [0.2, 0.25) is 0 Å². The van der Waals surface area contributed by atoms with Crippen LogP contribution in [0.1, 0.15) is 23.2 Å². The molecule has 2 heteroatoms. The smallest absolute Gasteiger partial charge is 0.188 e. The van der Waals surface area contributed by atoms with Gasteiger partial charge in [-0.1, -0.05) is 42.5 Å². The van der Waals surface area contributed by atoms with Gasteiger partial charge in [-0.15, -0.1) is 6.58 Å². The number of fused-ring (bicyclic) bond motifs is 1. The average molecular weight is 254 g/mol. The monoisotopic (exact) mass is 254 g/mol. The maximum absolute atomic E-state index is 12.0. The molecule has 0 aliphatic carbocycles. The summed E-state index contributed by atoms with van der Waals surface area (Å²) in [6, 6.07) is 13.8. The molecule has 2 rings (SSSR count). The Labute approximate surface area is 113 Å². The van der Waals surface area contributed by atoms with Crippen molar-refractivity contribution in [2.45, 2.75) is 12.8 Å². The summed E-state index contributed by atoms with van der Waals surface area (Å²) >= 11 is 0. The van der Waals surface area contributed by atoms with Crippen LogP contribution in [0.4, 0.5) is 0 Å². The highest BCUT2D eigenvalue weighted by Crippen LogP contribution is 2.16. The van der Waals surface area contributed by atoms with Crippen molar-refractivity contribution in [1.29, 1.82) is 0 Å². The molecule has 0 amide bonds. The van der Waals surface area contributed by atoms with Gasteiger partial charge >= 0.3 is 0 Å². The Bertz CT molecular complexity index is 572. The second-order valence-corrected chi connectivity index (χ2v) is 4.47. The Kier molecular flexibility index (Phi) is 4.87. The van der Waals surface area contributed by atoms with Gasteiger partial charge in [0.05, 0.1) is 0 Å². The third-order valence-electron chi connectivity index (χ3n) is 3.00. The second-order valence-electron chi connectivity index (χ2n) is 4.47. The number of hydrogen-bond donors (Lipinski definition) is 0. The summed E-state index contributed by atoms with van der Waals surface area (Å²) in [5, 5.41) is 2.23. The second kappa shape index (κ2) is 6.86. The van der Waals surface area contributed by atoms with Crippen LogP contribution >= 0.6 is 0 Å². The van der Waals surface area contributed by atoms with Crippen molar-refractivity contribution in [2.75, 3.05) is 13.2 Å². The Morgan fingerprint density at radius 3 is 2.74 bits per heavy atom. The number of hydrogen-bond acceptors (Lipinski definition) is 2. The minimum Gasteiger partial charge on any atom is -0.373 e. The van der Waals surface area contributed by atoms with Crippen molar-refractivity contribution in [1.82, 2.24) is 0 Å². The standard InChI is InChI=1S/C17H18O2/c1-2-3-6-11-19-13-17(18)16-10-9-14-7-4-5-8-15(14)12-16/h2,4-5,7-10,12H,1,3,6,11,13H2. The number of benzene rings is 2. The number of ether oxygens (including phenoxy) is 1. The summed E-state index contributed by atoms with van der Waals surface area (Å²) in [5.41, 5.74) is 0.711. The molecule has 0 bridgehead atoms. The first-order chi connectivity index (χ1) is 9.31. The summed E-state index contributed by atoms with van der Waals surface area (Å²) in [5.74, 6) is 0.0318. The third-order valence-corrected chi connectivity index (χ3v) is 3.00. The van der Waals surface area contributed by atoms with Gasteiger partial charge in [-0.25, -0.2) is 0 Å². The Morgan fingerprint density at radius 1 is 1.16 bits per heavy atom. The van der Waals surface area contributed by atoms with Crippen molar-refractivity contribution in [3.05, 3.63) is 60.7 Å². The van der Waals surface area contributed by atoms with Crippen molar-refractivity contribution in [2.24, 2.45) is 0 Å². The number of carbonyl (C=O) groups excluding carboxylic acids is 1. The Hall–Kier alpha value is -1.93. The molecule has 19 heavy (non-hydrogen) atoms. The van der Waals surface area contributed by atoms with Gasteiger partial charge in [0.2, 0.25) is 0 Å². The van der Waals surface area contributed by atoms with E-state index in [0.717, 1.165) is 23.6 Å². The molecule has 0 saturated carbocycles.